The predicted molar refractivity (Wildman–Crippen MR) is 109 cm³/mol. The zero-order valence-electron chi connectivity index (χ0n) is 14.0. The Morgan fingerprint density at radius 3 is 2.70 bits per heavy atom. The fourth-order valence-corrected chi connectivity index (χ4v) is 5.14. The van der Waals surface area contributed by atoms with Crippen LogP contribution in [0.15, 0.2) is 39.0 Å². The number of hydrogen-bond acceptors (Lipinski definition) is 8. The van der Waals surface area contributed by atoms with Crippen LogP contribution in [-0.2, 0) is 16.4 Å². The summed E-state index contributed by atoms with van der Waals surface area (Å²) in [6.07, 6.45) is 0.432. The third kappa shape index (κ3) is 5.94. The van der Waals surface area contributed by atoms with E-state index >= 15 is 0 Å². The second-order valence-corrected chi connectivity index (χ2v) is 9.68. The van der Waals surface area contributed by atoms with Gasteiger partial charge in [0.15, 0.2) is 0 Å². The zero-order valence-corrected chi connectivity index (χ0v) is 18.1. The van der Waals surface area contributed by atoms with Gasteiger partial charge in [-0.25, -0.2) is 13.1 Å². The number of hydrogen-bond donors (Lipinski definition) is 3. The van der Waals surface area contributed by atoms with Crippen molar-refractivity contribution in [3.8, 4) is 5.75 Å². The van der Waals surface area contributed by atoms with Crippen molar-refractivity contribution in [2.75, 3.05) is 13.7 Å². The molecule has 0 radical (unpaired) electrons. The van der Waals surface area contributed by atoms with Crippen LogP contribution in [0.2, 0.25) is 0 Å². The predicted octanol–water partition coefficient (Wildman–Crippen LogP) is 2.50. The van der Waals surface area contributed by atoms with Crippen LogP contribution in [0.4, 0.5) is 4.79 Å². The highest BCUT2D eigenvalue weighted by atomic mass is 79.9. The van der Waals surface area contributed by atoms with E-state index in [1.165, 1.54) is 13.2 Å². The lowest BCUT2D eigenvalue weighted by atomic mass is 10.2. The van der Waals surface area contributed by atoms with Gasteiger partial charge in [-0.2, -0.15) is 0 Å². The average molecular weight is 494 g/mol. The number of sulfonamides is 1. The molecule has 0 bridgehead atoms. The van der Waals surface area contributed by atoms with Gasteiger partial charge in [-0.3, -0.25) is 14.7 Å². The van der Waals surface area contributed by atoms with Crippen molar-refractivity contribution in [3.63, 3.8) is 0 Å². The maximum absolute atomic E-state index is 12.3. The number of nitrogens with two attached hydrogens (primary N) is 1. The molecule has 0 unspecified atom stereocenters. The molecule has 1 aromatic carbocycles. The Morgan fingerprint density at radius 1 is 1.30 bits per heavy atom. The highest BCUT2D eigenvalue weighted by Crippen LogP contribution is 2.24. The Hall–Kier alpha value is -1.60. The summed E-state index contributed by atoms with van der Waals surface area (Å²) in [5.41, 5.74) is 0.392. The van der Waals surface area contributed by atoms with Gasteiger partial charge in [-0.15, -0.1) is 11.3 Å². The van der Waals surface area contributed by atoms with Gasteiger partial charge in [-0.05, 0) is 36.8 Å². The van der Waals surface area contributed by atoms with Crippen molar-refractivity contribution in [3.05, 3.63) is 45.2 Å². The average Bonchev–Trinajstić information content (AvgIpc) is 3.11. The van der Waals surface area contributed by atoms with E-state index in [1.807, 2.05) is 4.72 Å². The first-order chi connectivity index (χ1) is 12.8. The Bertz CT molecular complexity index is 946. The first-order valence-corrected chi connectivity index (χ1v) is 11.4. The lowest BCUT2D eigenvalue weighted by Gasteiger charge is -2.09. The monoisotopic (exact) mass is 493 g/mol. The summed E-state index contributed by atoms with van der Waals surface area (Å²) in [6, 6.07) is 8.14. The first-order valence-electron chi connectivity index (χ1n) is 7.41. The second kappa shape index (κ2) is 9.55. The molecule has 0 aliphatic carbocycles. The van der Waals surface area contributed by atoms with Crippen LogP contribution >= 0.6 is 39.2 Å². The van der Waals surface area contributed by atoms with Gasteiger partial charge in [0.1, 0.15) is 9.96 Å². The SMILES string of the molecule is COc1ccc(Br)cc1C(=O)NCCc1ccc(S(=O)(=O)NC(=O)SN)s1. The summed E-state index contributed by atoms with van der Waals surface area (Å²) in [5, 5.41) is 6.93. The quantitative estimate of drug-likeness (QED) is 0.505. The van der Waals surface area contributed by atoms with Gasteiger partial charge in [0, 0.05) is 27.8 Å². The minimum absolute atomic E-state index is 0.000106. The molecular weight excluding hydrogens is 478 g/mol. The molecule has 8 nitrogen and oxygen atoms in total. The van der Waals surface area contributed by atoms with Gasteiger partial charge >= 0.3 is 5.24 Å². The fraction of sp³-hybridized carbons (Fsp3) is 0.200. The second-order valence-electron chi connectivity index (χ2n) is 5.08. The van der Waals surface area contributed by atoms with E-state index in [-0.39, 0.29) is 22.1 Å². The van der Waals surface area contributed by atoms with Crippen LogP contribution in [0.1, 0.15) is 15.2 Å². The van der Waals surface area contributed by atoms with Crippen molar-refractivity contribution in [1.29, 1.82) is 0 Å². The molecule has 4 N–H and O–H groups in total. The molecule has 27 heavy (non-hydrogen) atoms. The highest BCUT2D eigenvalue weighted by Gasteiger charge is 2.20. The summed E-state index contributed by atoms with van der Waals surface area (Å²) < 4.78 is 31.8. The first kappa shape index (κ1) is 21.7. The zero-order chi connectivity index (χ0) is 20.0. The molecular formula is C15H16BrN3O5S3. The van der Waals surface area contributed by atoms with Gasteiger partial charge in [0.05, 0.1) is 12.7 Å². The minimum Gasteiger partial charge on any atom is -0.496 e. The van der Waals surface area contributed by atoms with E-state index in [9.17, 15) is 18.0 Å². The third-order valence-electron chi connectivity index (χ3n) is 3.29. The topological polar surface area (TPSA) is 128 Å². The van der Waals surface area contributed by atoms with Gasteiger partial charge in [-0.1, -0.05) is 15.9 Å². The standard InChI is InChI=1S/C15H16BrN3O5S3/c1-24-12-4-2-9(16)8-11(12)14(20)18-7-6-10-3-5-13(25-10)27(22,23)19-15(21)26-17/h2-5,8H,6-7,17H2,1H3,(H,18,20)(H,19,21). The van der Waals surface area contributed by atoms with Crippen molar-refractivity contribution in [2.45, 2.75) is 10.6 Å². The van der Waals surface area contributed by atoms with Crippen LogP contribution in [0, 0.1) is 0 Å². The van der Waals surface area contributed by atoms with Gasteiger partial charge in [0.2, 0.25) is 0 Å². The fourth-order valence-electron chi connectivity index (χ4n) is 2.07. The Labute approximate surface area is 173 Å². The Balaban J connectivity index is 1.97. The summed E-state index contributed by atoms with van der Waals surface area (Å²) in [7, 11) is -2.46. The maximum Gasteiger partial charge on any atom is 0.307 e. The molecule has 0 aliphatic rings. The Morgan fingerprint density at radius 2 is 2.04 bits per heavy atom. The largest absolute Gasteiger partial charge is 0.496 e. The number of ether oxygens (including phenoxy) is 1. The lowest BCUT2D eigenvalue weighted by Crippen LogP contribution is -2.27. The van der Waals surface area contributed by atoms with Gasteiger partial charge < -0.3 is 10.1 Å². The normalized spacial score (nSPS) is 11.1. The van der Waals surface area contributed by atoms with Gasteiger partial charge in [0.25, 0.3) is 15.9 Å². The molecule has 2 rings (SSSR count). The number of benzene rings is 1. The molecule has 0 fully saturated rings. The van der Waals surface area contributed by atoms with E-state index in [2.05, 4.69) is 21.2 Å². The molecule has 0 atom stereocenters. The Kier molecular flexibility index (Phi) is 7.68. The van der Waals surface area contributed by atoms with E-state index in [0.29, 0.717) is 24.3 Å². The van der Waals surface area contributed by atoms with Crippen molar-refractivity contribution < 1.29 is 22.7 Å². The van der Waals surface area contributed by atoms with Crippen LogP contribution in [0.5, 0.6) is 5.75 Å². The molecule has 1 heterocycles. The van der Waals surface area contributed by atoms with Crippen molar-refractivity contribution >= 4 is 60.4 Å². The van der Waals surface area contributed by atoms with Crippen molar-refractivity contribution in [2.24, 2.45) is 5.14 Å². The summed E-state index contributed by atoms with van der Waals surface area (Å²) in [6.45, 7) is 0.305. The molecule has 1 aromatic heterocycles. The third-order valence-corrected chi connectivity index (χ3v) is 7.20. The van der Waals surface area contributed by atoms with E-state index in [4.69, 9.17) is 9.88 Å². The number of methoxy groups -OCH3 is 1. The van der Waals surface area contributed by atoms with Crippen molar-refractivity contribution in [1.82, 2.24) is 10.0 Å². The highest BCUT2D eigenvalue weighted by molar-refractivity contribution is 9.10. The van der Waals surface area contributed by atoms with Crippen LogP contribution in [0.3, 0.4) is 0 Å². The number of rotatable bonds is 7. The maximum atomic E-state index is 12.3. The summed E-state index contributed by atoms with van der Waals surface area (Å²) in [5.74, 6) is 0.151. The summed E-state index contributed by atoms with van der Waals surface area (Å²) in [4.78, 5) is 24.2. The molecule has 0 saturated heterocycles. The minimum atomic E-state index is -3.94. The van der Waals surface area contributed by atoms with E-state index < -0.39 is 15.3 Å². The summed E-state index contributed by atoms with van der Waals surface area (Å²) >= 11 is 4.61. The van der Waals surface area contributed by atoms with Crippen LogP contribution in [0.25, 0.3) is 0 Å². The number of carbonyl (C=O) groups excluding carboxylic acids is 2. The molecule has 0 spiro atoms. The number of amides is 2. The van der Waals surface area contributed by atoms with Crippen LogP contribution in [-0.4, -0.2) is 33.2 Å². The number of nitrogens with one attached hydrogen (secondary N) is 2. The molecule has 146 valence electrons. The smallest absolute Gasteiger partial charge is 0.307 e. The molecule has 12 heteroatoms. The van der Waals surface area contributed by atoms with Crippen LogP contribution < -0.4 is 19.9 Å². The molecule has 2 aromatic rings. The lowest BCUT2D eigenvalue weighted by molar-refractivity contribution is 0.0951. The van der Waals surface area contributed by atoms with E-state index in [0.717, 1.165) is 20.7 Å². The number of carbonyl (C=O) groups is 2. The number of halogens is 1. The van der Waals surface area contributed by atoms with E-state index in [1.54, 1.807) is 24.3 Å². The molecule has 0 aliphatic heterocycles. The molecule has 2 amide bonds. The number of thiophene rings is 1. The molecule has 0 saturated carbocycles.